The Morgan fingerprint density at radius 2 is 2.09 bits per heavy atom. The van der Waals surface area contributed by atoms with Gasteiger partial charge in [-0.3, -0.25) is 0 Å². The number of hydrogen-bond donors (Lipinski definition) is 1. The third kappa shape index (κ3) is 2.38. The Morgan fingerprint density at radius 3 is 2.64 bits per heavy atom. The van der Waals surface area contributed by atoms with Crippen LogP contribution in [0.15, 0.2) is 18.3 Å². The highest BCUT2D eigenvalue weighted by Crippen LogP contribution is 2.28. The molecule has 0 saturated heterocycles. The lowest BCUT2D eigenvalue weighted by atomic mass is 10.1. The molecule has 0 unspecified atom stereocenters. The zero-order chi connectivity index (χ0) is 16.4. The summed E-state index contributed by atoms with van der Waals surface area (Å²) in [6.07, 6.45) is 1.27. The van der Waals surface area contributed by atoms with Gasteiger partial charge in [0.15, 0.2) is 11.5 Å². The molecular weight excluding hydrogens is 402 g/mol. The van der Waals surface area contributed by atoms with E-state index in [0.29, 0.717) is 0 Å². The molecule has 2 N–H and O–H groups in total. The SMILES string of the molecule is COC(=O)c1c(N)c(C#N)cn1-c1ccc(I)c(F)c1C#N. The van der Waals surface area contributed by atoms with Crippen LogP contribution < -0.4 is 5.73 Å². The number of nitrogens with two attached hydrogens (primary N) is 1. The average Bonchev–Trinajstić information content (AvgIpc) is 2.85. The molecule has 0 radical (unpaired) electrons. The number of hydrogen-bond acceptors (Lipinski definition) is 5. The van der Waals surface area contributed by atoms with E-state index in [1.54, 1.807) is 28.7 Å². The molecule has 2 rings (SSSR count). The number of benzene rings is 1. The van der Waals surface area contributed by atoms with Crippen molar-refractivity contribution in [3.8, 4) is 17.8 Å². The third-order valence-electron chi connectivity index (χ3n) is 2.99. The van der Waals surface area contributed by atoms with E-state index in [-0.39, 0.29) is 31.8 Å². The minimum atomic E-state index is -0.790. The van der Waals surface area contributed by atoms with Gasteiger partial charge in [0.05, 0.1) is 27.6 Å². The van der Waals surface area contributed by atoms with Crippen LogP contribution in [0.2, 0.25) is 0 Å². The smallest absolute Gasteiger partial charge is 0.357 e. The van der Waals surface area contributed by atoms with E-state index in [1.807, 2.05) is 6.07 Å². The van der Waals surface area contributed by atoms with Gasteiger partial charge < -0.3 is 15.0 Å². The predicted molar refractivity (Wildman–Crippen MR) is 83.6 cm³/mol. The number of ether oxygens (including phenoxy) is 1. The van der Waals surface area contributed by atoms with Crippen molar-refractivity contribution in [2.75, 3.05) is 12.8 Å². The second kappa shape index (κ2) is 6.03. The fraction of sp³-hybridized carbons (Fsp3) is 0.0714. The highest BCUT2D eigenvalue weighted by atomic mass is 127. The van der Waals surface area contributed by atoms with Crippen LogP contribution >= 0.6 is 22.6 Å². The highest BCUT2D eigenvalue weighted by molar-refractivity contribution is 14.1. The Labute approximate surface area is 138 Å². The topological polar surface area (TPSA) is 105 Å². The Balaban J connectivity index is 2.85. The highest BCUT2D eigenvalue weighted by Gasteiger charge is 2.24. The first kappa shape index (κ1) is 15.8. The molecule has 1 heterocycles. The van der Waals surface area contributed by atoms with E-state index in [1.165, 1.54) is 22.9 Å². The zero-order valence-corrected chi connectivity index (χ0v) is 13.4. The second-order valence-corrected chi connectivity index (χ2v) is 5.31. The van der Waals surface area contributed by atoms with Gasteiger partial charge in [-0.25, -0.2) is 9.18 Å². The normalized spacial score (nSPS) is 9.86. The minimum absolute atomic E-state index is 0.0308. The summed E-state index contributed by atoms with van der Waals surface area (Å²) in [5.41, 5.74) is 5.43. The summed E-state index contributed by atoms with van der Waals surface area (Å²) in [5.74, 6) is -1.50. The van der Waals surface area contributed by atoms with Crippen LogP contribution in [0.4, 0.5) is 10.1 Å². The largest absolute Gasteiger partial charge is 0.464 e. The first-order valence-corrected chi connectivity index (χ1v) is 6.91. The number of rotatable bonds is 2. The van der Waals surface area contributed by atoms with Crippen LogP contribution in [0.1, 0.15) is 21.6 Å². The number of carbonyl (C=O) groups is 1. The van der Waals surface area contributed by atoms with Crippen LogP contribution in [0.5, 0.6) is 0 Å². The number of nitrogen functional groups attached to an aromatic ring is 1. The number of aromatic nitrogens is 1. The maximum atomic E-state index is 14.1. The molecule has 1 aromatic heterocycles. The molecule has 1 aromatic carbocycles. The lowest BCUT2D eigenvalue weighted by Crippen LogP contribution is -2.12. The number of carbonyl (C=O) groups excluding carboxylic acids is 1. The molecule has 0 amide bonds. The minimum Gasteiger partial charge on any atom is -0.464 e. The molecule has 22 heavy (non-hydrogen) atoms. The summed E-state index contributed by atoms with van der Waals surface area (Å²) in [5, 5.41) is 18.2. The fourth-order valence-electron chi connectivity index (χ4n) is 1.95. The van der Waals surface area contributed by atoms with Gasteiger partial charge in [0.2, 0.25) is 0 Å². The summed E-state index contributed by atoms with van der Waals surface area (Å²) in [6, 6.07) is 6.52. The summed E-state index contributed by atoms with van der Waals surface area (Å²) in [7, 11) is 1.16. The summed E-state index contributed by atoms with van der Waals surface area (Å²) in [4.78, 5) is 11.9. The van der Waals surface area contributed by atoms with Crippen LogP contribution in [-0.2, 0) is 4.74 Å². The van der Waals surface area contributed by atoms with Crippen LogP contribution in [0.3, 0.4) is 0 Å². The van der Waals surface area contributed by atoms with E-state index in [4.69, 9.17) is 11.0 Å². The number of methoxy groups -OCH3 is 1. The third-order valence-corrected chi connectivity index (χ3v) is 3.82. The Hall–Kier alpha value is -2.59. The van der Waals surface area contributed by atoms with E-state index in [2.05, 4.69) is 4.74 Å². The first-order chi connectivity index (χ1) is 10.5. The molecule has 2 aromatic rings. The predicted octanol–water partition coefficient (Wildman–Crippen LogP) is 2.33. The van der Waals surface area contributed by atoms with E-state index in [0.717, 1.165) is 7.11 Å². The maximum absolute atomic E-state index is 14.1. The Bertz CT molecular complexity index is 861. The van der Waals surface area contributed by atoms with Crippen molar-refractivity contribution < 1.29 is 13.9 Å². The summed E-state index contributed by atoms with van der Waals surface area (Å²) >= 11 is 1.75. The average molecular weight is 410 g/mol. The molecule has 0 spiro atoms. The van der Waals surface area contributed by atoms with Crippen molar-refractivity contribution in [3.63, 3.8) is 0 Å². The van der Waals surface area contributed by atoms with E-state index < -0.39 is 11.8 Å². The molecule has 0 atom stereocenters. The number of nitriles is 2. The zero-order valence-electron chi connectivity index (χ0n) is 11.2. The van der Waals surface area contributed by atoms with Gasteiger partial charge in [-0.15, -0.1) is 0 Å². The van der Waals surface area contributed by atoms with Gasteiger partial charge >= 0.3 is 5.97 Å². The number of halogens is 2. The fourth-order valence-corrected chi connectivity index (χ4v) is 2.40. The van der Waals surface area contributed by atoms with Gasteiger partial charge in [0, 0.05) is 6.20 Å². The molecule has 0 fully saturated rings. The van der Waals surface area contributed by atoms with Crippen LogP contribution in [0, 0.1) is 32.0 Å². The monoisotopic (exact) mass is 410 g/mol. The van der Waals surface area contributed by atoms with E-state index >= 15 is 0 Å². The molecule has 6 nitrogen and oxygen atoms in total. The lowest BCUT2D eigenvalue weighted by molar-refractivity contribution is 0.0593. The molecule has 110 valence electrons. The number of nitrogens with zero attached hydrogens (tertiary/aromatic N) is 3. The molecule has 0 aliphatic heterocycles. The molecule has 0 bridgehead atoms. The number of esters is 1. The lowest BCUT2D eigenvalue weighted by Gasteiger charge is -2.11. The molecule has 0 aliphatic rings. The summed E-state index contributed by atoms with van der Waals surface area (Å²) in [6.45, 7) is 0. The van der Waals surface area contributed by atoms with Gasteiger partial charge in [-0.1, -0.05) is 0 Å². The van der Waals surface area contributed by atoms with Crippen molar-refractivity contribution in [1.82, 2.24) is 4.57 Å². The molecule has 0 aliphatic carbocycles. The summed E-state index contributed by atoms with van der Waals surface area (Å²) < 4.78 is 20.2. The van der Waals surface area contributed by atoms with Crippen molar-refractivity contribution in [1.29, 1.82) is 10.5 Å². The van der Waals surface area contributed by atoms with Crippen LogP contribution in [-0.4, -0.2) is 17.6 Å². The van der Waals surface area contributed by atoms with Gasteiger partial charge in [-0.05, 0) is 34.7 Å². The van der Waals surface area contributed by atoms with Crippen molar-refractivity contribution in [2.24, 2.45) is 0 Å². The van der Waals surface area contributed by atoms with Crippen molar-refractivity contribution >= 4 is 34.2 Å². The molecule has 0 saturated carbocycles. The van der Waals surface area contributed by atoms with Gasteiger partial charge in [0.25, 0.3) is 0 Å². The van der Waals surface area contributed by atoms with Crippen molar-refractivity contribution in [2.45, 2.75) is 0 Å². The standard InChI is InChI=1S/C14H8FIN4O2/c1-22-14(21)13-12(19)7(4-17)6-20(13)10-3-2-9(16)11(15)8(10)5-18/h2-3,6H,19H2,1H3. The second-order valence-electron chi connectivity index (χ2n) is 4.15. The number of anilines is 1. The van der Waals surface area contributed by atoms with Gasteiger partial charge in [-0.2, -0.15) is 10.5 Å². The Morgan fingerprint density at radius 1 is 1.41 bits per heavy atom. The van der Waals surface area contributed by atoms with Gasteiger partial charge in [0.1, 0.15) is 17.7 Å². The van der Waals surface area contributed by atoms with Crippen LogP contribution in [0.25, 0.3) is 5.69 Å². The first-order valence-electron chi connectivity index (χ1n) is 5.84. The quantitative estimate of drug-likeness (QED) is 0.605. The Kier molecular flexibility index (Phi) is 4.33. The van der Waals surface area contributed by atoms with Crippen molar-refractivity contribution in [3.05, 3.63) is 44.5 Å². The maximum Gasteiger partial charge on any atom is 0.357 e. The molecule has 8 heteroatoms. The molecular formula is C14H8FIN4O2. The van der Waals surface area contributed by atoms with E-state index in [9.17, 15) is 14.4 Å².